The molecule has 0 radical (unpaired) electrons. The minimum absolute atomic E-state index is 0.208. The number of pyridine rings is 1. The molecule has 1 heterocycles. The van der Waals surface area contributed by atoms with Crippen molar-refractivity contribution >= 4 is 17.3 Å². The van der Waals surface area contributed by atoms with Crippen LogP contribution < -0.4 is 15.4 Å². The fourth-order valence-electron chi connectivity index (χ4n) is 1.90. The van der Waals surface area contributed by atoms with Crippen LogP contribution in [0.25, 0.3) is 0 Å². The Morgan fingerprint density at radius 2 is 2.05 bits per heavy atom. The molecule has 1 amide bonds. The molecule has 0 saturated carbocycles. The van der Waals surface area contributed by atoms with E-state index in [2.05, 4.69) is 15.6 Å². The molecule has 0 atom stereocenters. The smallest absolute Gasteiger partial charge is 0.257 e. The van der Waals surface area contributed by atoms with E-state index in [9.17, 15) is 4.79 Å². The van der Waals surface area contributed by atoms with Crippen molar-refractivity contribution in [2.24, 2.45) is 0 Å². The van der Waals surface area contributed by atoms with Crippen molar-refractivity contribution in [2.75, 3.05) is 24.8 Å². The Labute approximate surface area is 118 Å². The van der Waals surface area contributed by atoms with Gasteiger partial charge in [-0.2, -0.15) is 0 Å². The molecule has 2 N–H and O–H groups in total. The molecular formula is C15H17N3O2. The van der Waals surface area contributed by atoms with E-state index in [1.54, 1.807) is 32.6 Å². The van der Waals surface area contributed by atoms with Crippen LogP contribution in [-0.2, 0) is 0 Å². The lowest BCUT2D eigenvalue weighted by Gasteiger charge is -2.12. The zero-order chi connectivity index (χ0) is 14.5. The van der Waals surface area contributed by atoms with Gasteiger partial charge in [0.2, 0.25) is 0 Å². The van der Waals surface area contributed by atoms with E-state index >= 15 is 0 Å². The summed E-state index contributed by atoms with van der Waals surface area (Å²) in [7, 11) is 3.33. The SMILES string of the molecule is CNc1cnccc1C(=O)Nc1cc(C)ccc1OC. The van der Waals surface area contributed by atoms with E-state index in [1.807, 2.05) is 25.1 Å². The predicted octanol–water partition coefficient (Wildman–Crippen LogP) is 2.69. The van der Waals surface area contributed by atoms with Crippen LogP contribution in [0, 0.1) is 6.92 Å². The van der Waals surface area contributed by atoms with Crippen LogP contribution >= 0.6 is 0 Å². The highest BCUT2D eigenvalue weighted by Crippen LogP contribution is 2.26. The van der Waals surface area contributed by atoms with Crippen molar-refractivity contribution in [1.82, 2.24) is 4.98 Å². The summed E-state index contributed by atoms with van der Waals surface area (Å²) in [6.45, 7) is 1.96. The van der Waals surface area contributed by atoms with Crippen molar-refractivity contribution in [3.8, 4) is 5.75 Å². The average molecular weight is 271 g/mol. The van der Waals surface area contributed by atoms with E-state index in [4.69, 9.17) is 4.74 Å². The normalized spacial score (nSPS) is 9.95. The van der Waals surface area contributed by atoms with E-state index < -0.39 is 0 Å². The van der Waals surface area contributed by atoms with E-state index in [1.165, 1.54) is 0 Å². The molecular weight excluding hydrogens is 254 g/mol. The minimum Gasteiger partial charge on any atom is -0.495 e. The number of nitrogens with zero attached hydrogens (tertiary/aromatic N) is 1. The Hall–Kier alpha value is -2.56. The molecule has 0 fully saturated rings. The van der Waals surface area contributed by atoms with Crippen molar-refractivity contribution < 1.29 is 9.53 Å². The number of carbonyl (C=O) groups is 1. The number of hydrogen-bond acceptors (Lipinski definition) is 4. The lowest BCUT2D eigenvalue weighted by molar-refractivity contribution is 0.102. The summed E-state index contributed by atoms with van der Waals surface area (Å²) in [5.74, 6) is 0.421. The van der Waals surface area contributed by atoms with E-state index in [0.29, 0.717) is 22.7 Å². The summed E-state index contributed by atoms with van der Waals surface area (Å²) in [6.07, 6.45) is 3.20. The lowest BCUT2D eigenvalue weighted by Crippen LogP contribution is -2.14. The molecule has 5 nitrogen and oxygen atoms in total. The fourth-order valence-corrected chi connectivity index (χ4v) is 1.90. The minimum atomic E-state index is -0.208. The first-order valence-corrected chi connectivity index (χ1v) is 6.23. The predicted molar refractivity (Wildman–Crippen MR) is 79.5 cm³/mol. The number of hydrogen-bond donors (Lipinski definition) is 2. The second-order valence-electron chi connectivity index (χ2n) is 4.33. The van der Waals surface area contributed by atoms with Gasteiger partial charge in [-0.15, -0.1) is 0 Å². The highest BCUT2D eigenvalue weighted by molar-refractivity contribution is 6.08. The molecule has 1 aromatic carbocycles. The van der Waals surface area contributed by atoms with E-state index in [0.717, 1.165) is 5.56 Å². The maximum atomic E-state index is 12.3. The lowest BCUT2D eigenvalue weighted by atomic mass is 10.1. The number of methoxy groups -OCH3 is 1. The quantitative estimate of drug-likeness (QED) is 0.897. The standard InChI is InChI=1S/C15H17N3O2/c1-10-4-5-14(20-3)12(8-10)18-15(19)11-6-7-17-9-13(11)16-2/h4-9,16H,1-3H3,(H,18,19). The second-order valence-corrected chi connectivity index (χ2v) is 4.33. The van der Waals surface area contributed by atoms with Gasteiger partial charge in [0.15, 0.2) is 0 Å². The third kappa shape index (κ3) is 2.88. The van der Waals surface area contributed by atoms with Gasteiger partial charge in [-0.1, -0.05) is 6.07 Å². The molecule has 0 aliphatic carbocycles. The molecule has 2 rings (SSSR count). The number of ether oxygens (including phenoxy) is 1. The average Bonchev–Trinajstić information content (AvgIpc) is 2.47. The van der Waals surface area contributed by atoms with Crippen molar-refractivity contribution in [1.29, 1.82) is 0 Å². The van der Waals surface area contributed by atoms with Crippen molar-refractivity contribution in [3.63, 3.8) is 0 Å². The molecule has 0 aliphatic rings. The molecule has 0 aliphatic heterocycles. The van der Waals surface area contributed by atoms with Gasteiger partial charge in [0.1, 0.15) is 5.75 Å². The van der Waals surface area contributed by atoms with Crippen molar-refractivity contribution in [2.45, 2.75) is 6.92 Å². The first-order valence-electron chi connectivity index (χ1n) is 6.23. The number of rotatable bonds is 4. The number of carbonyl (C=O) groups excluding carboxylic acids is 1. The molecule has 0 saturated heterocycles. The number of amides is 1. The summed E-state index contributed by atoms with van der Waals surface area (Å²) in [4.78, 5) is 16.3. The van der Waals surface area contributed by atoms with Gasteiger partial charge in [-0.3, -0.25) is 9.78 Å². The Kier molecular flexibility index (Phi) is 4.20. The second kappa shape index (κ2) is 6.06. The molecule has 104 valence electrons. The van der Waals surface area contributed by atoms with Gasteiger partial charge >= 0.3 is 0 Å². The fraction of sp³-hybridized carbons (Fsp3) is 0.200. The first-order chi connectivity index (χ1) is 9.65. The van der Waals surface area contributed by atoms with Crippen LogP contribution in [0.2, 0.25) is 0 Å². The number of anilines is 2. The number of aromatic nitrogens is 1. The van der Waals surface area contributed by atoms with Gasteiger partial charge in [-0.25, -0.2) is 0 Å². The van der Waals surface area contributed by atoms with Crippen molar-refractivity contribution in [3.05, 3.63) is 47.8 Å². The van der Waals surface area contributed by atoms with Gasteiger partial charge in [0.25, 0.3) is 5.91 Å². The summed E-state index contributed by atoms with van der Waals surface area (Å²) in [5.41, 5.74) is 2.91. The first kappa shape index (κ1) is 13.9. The van der Waals surface area contributed by atoms with Gasteiger partial charge in [0, 0.05) is 13.2 Å². The van der Waals surface area contributed by atoms with Gasteiger partial charge in [-0.05, 0) is 30.7 Å². The number of nitrogens with one attached hydrogen (secondary N) is 2. The van der Waals surface area contributed by atoms with Gasteiger partial charge in [0.05, 0.1) is 30.2 Å². The zero-order valence-corrected chi connectivity index (χ0v) is 11.7. The Morgan fingerprint density at radius 3 is 2.75 bits per heavy atom. The van der Waals surface area contributed by atoms with Crippen LogP contribution in [0.15, 0.2) is 36.7 Å². The summed E-state index contributed by atoms with van der Waals surface area (Å²) < 4.78 is 5.25. The topological polar surface area (TPSA) is 63.2 Å². The molecule has 2 aromatic rings. The van der Waals surface area contributed by atoms with Crippen LogP contribution in [0.5, 0.6) is 5.75 Å². The Balaban J connectivity index is 2.30. The molecule has 0 bridgehead atoms. The monoisotopic (exact) mass is 271 g/mol. The van der Waals surface area contributed by atoms with Crippen LogP contribution in [0.3, 0.4) is 0 Å². The molecule has 1 aromatic heterocycles. The Morgan fingerprint density at radius 1 is 1.25 bits per heavy atom. The molecule has 20 heavy (non-hydrogen) atoms. The summed E-state index contributed by atoms with van der Waals surface area (Å²) in [6, 6.07) is 7.30. The largest absolute Gasteiger partial charge is 0.495 e. The van der Waals surface area contributed by atoms with E-state index in [-0.39, 0.29) is 5.91 Å². The highest BCUT2D eigenvalue weighted by Gasteiger charge is 2.13. The highest BCUT2D eigenvalue weighted by atomic mass is 16.5. The van der Waals surface area contributed by atoms with Crippen LogP contribution in [-0.4, -0.2) is 25.0 Å². The summed E-state index contributed by atoms with van der Waals surface area (Å²) >= 11 is 0. The molecule has 0 spiro atoms. The third-order valence-electron chi connectivity index (χ3n) is 2.94. The number of aryl methyl sites for hydroxylation is 1. The van der Waals surface area contributed by atoms with Crippen LogP contribution in [0.1, 0.15) is 15.9 Å². The third-order valence-corrected chi connectivity index (χ3v) is 2.94. The summed E-state index contributed by atoms with van der Waals surface area (Å²) in [5, 5.41) is 5.81. The maximum absolute atomic E-state index is 12.3. The number of benzene rings is 1. The van der Waals surface area contributed by atoms with Crippen LogP contribution in [0.4, 0.5) is 11.4 Å². The molecule has 5 heteroatoms. The van der Waals surface area contributed by atoms with Gasteiger partial charge < -0.3 is 15.4 Å². The maximum Gasteiger partial charge on any atom is 0.257 e. The molecule has 0 unspecified atom stereocenters. The zero-order valence-electron chi connectivity index (χ0n) is 11.7. The Bertz CT molecular complexity index is 626.